The molecule has 0 aromatic rings. The summed E-state index contributed by atoms with van der Waals surface area (Å²) in [7, 11) is 0. The summed E-state index contributed by atoms with van der Waals surface area (Å²) in [5.41, 5.74) is 6.97. The minimum atomic E-state index is -0.656. The van der Waals surface area contributed by atoms with E-state index < -0.39 is 12.2 Å². The molecule has 0 saturated heterocycles. The van der Waals surface area contributed by atoms with E-state index in [-0.39, 0.29) is 0 Å². The molecule has 1 unspecified atom stereocenters. The molecule has 2 N–H and O–H groups in total. The summed E-state index contributed by atoms with van der Waals surface area (Å²) in [6.45, 7) is 11.3. The highest BCUT2D eigenvalue weighted by Crippen LogP contribution is 2.09. The van der Waals surface area contributed by atoms with Gasteiger partial charge in [-0.25, -0.2) is 4.79 Å². The Labute approximate surface area is 98.4 Å². The van der Waals surface area contributed by atoms with Crippen molar-refractivity contribution >= 4 is 5.97 Å². The Kier molecular flexibility index (Phi) is 6.74. The summed E-state index contributed by atoms with van der Waals surface area (Å²) < 4.78 is 5.00. The molecule has 92 valence electrons. The predicted molar refractivity (Wildman–Crippen MR) is 66.7 cm³/mol. The summed E-state index contributed by atoms with van der Waals surface area (Å²) in [4.78, 5) is 11.2. The smallest absolute Gasteiger partial charge is 0.334 e. The van der Waals surface area contributed by atoms with Crippen molar-refractivity contribution in [3.8, 4) is 0 Å². The molecule has 3 heteroatoms. The number of rotatable bonds is 6. The molecule has 16 heavy (non-hydrogen) atoms. The van der Waals surface area contributed by atoms with Crippen LogP contribution in [0.25, 0.3) is 0 Å². The highest BCUT2D eigenvalue weighted by Gasteiger charge is 2.11. The summed E-state index contributed by atoms with van der Waals surface area (Å²) >= 11 is 0. The molecule has 1 atom stereocenters. The van der Waals surface area contributed by atoms with Gasteiger partial charge in [-0.05, 0) is 38.2 Å². The number of esters is 1. The van der Waals surface area contributed by atoms with Gasteiger partial charge in [-0.15, -0.1) is 0 Å². The maximum atomic E-state index is 11.2. The van der Waals surface area contributed by atoms with E-state index in [2.05, 4.69) is 20.4 Å². The first-order valence-electron chi connectivity index (χ1n) is 5.63. The fourth-order valence-electron chi connectivity index (χ4n) is 1.07. The number of ether oxygens (including phenoxy) is 1. The Morgan fingerprint density at radius 2 is 2.00 bits per heavy atom. The SMILES string of the molecule is C=C(C)C(=O)OC(N)C(C)=CCCC(C)C. The molecule has 0 aliphatic carbocycles. The van der Waals surface area contributed by atoms with Gasteiger partial charge in [0.05, 0.1) is 0 Å². The zero-order chi connectivity index (χ0) is 12.7. The lowest BCUT2D eigenvalue weighted by Crippen LogP contribution is -2.28. The van der Waals surface area contributed by atoms with Crippen LogP contribution in [0.4, 0.5) is 0 Å². The lowest BCUT2D eigenvalue weighted by Gasteiger charge is -2.14. The van der Waals surface area contributed by atoms with E-state index in [1.165, 1.54) is 0 Å². The predicted octanol–water partition coefficient (Wildman–Crippen LogP) is 2.77. The van der Waals surface area contributed by atoms with Crippen molar-refractivity contribution in [3.05, 3.63) is 23.8 Å². The second kappa shape index (κ2) is 7.23. The molecule has 0 aromatic heterocycles. The van der Waals surface area contributed by atoms with E-state index in [0.717, 1.165) is 18.4 Å². The zero-order valence-electron chi connectivity index (χ0n) is 10.7. The third-order valence-electron chi connectivity index (χ3n) is 2.24. The van der Waals surface area contributed by atoms with Crippen LogP contribution in [-0.4, -0.2) is 12.2 Å². The number of hydrogen-bond acceptors (Lipinski definition) is 3. The van der Waals surface area contributed by atoms with Crippen LogP contribution in [0, 0.1) is 5.92 Å². The molecule has 0 aromatic carbocycles. The van der Waals surface area contributed by atoms with Gasteiger partial charge in [-0.2, -0.15) is 0 Å². The molecule has 0 saturated carbocycles. The minimum absolute atomic E-state index is 0.366. The van der Waals surface area contributed by atoms with E-state index >= 15 is 0 Å². The molecule has 0 spiro atoms. The van der Waals surface area contributed by atoms with Gasteiger partial charge < -0.3 is 4.74 Å². The van der Waals surface area contributed by atoms with Gasteiger partial charge in [-0.3, -0.25) is 5.73 Å². The number of carbonyl (C=O) groups excluding carboxylic acids is 1. The molecule has 3 nitrogen and oxygen atoms in total. The molecule has 0 heterocycles. The van der Waals surface area contributed by atoms with Gasteiger partial charge in [0.25, 0.3) is 0 Å². The van der Waals surface area contributed by atoms with E-state index in [4.69, 9.17) is 10.5 Å². The first kappa shape index (κ1) is 14.9. The minimum Gasteiger partial charge on any atom is -0.439 e. The summed E-state index contributed by atoms with van der Waals surface area (Å²) in [5, 5.41) is 0. The van der Waals surface area contributed by atoms with Crippen LogP contribution < -0.4 is 5.73 Å². The summed E-state index contributed by atoms with van der Waals surface area (Å²) in [6, 6.07) is 0. The Morgan fingerprint density at radius 1 is 1.44 bits per heavy atom. The molecule has 0 rings (SSSR count). The van der Waals surface area contributed by atoms with Gasteiger partial charge in [0, 0.05) is 5.57 Å². The first-order chi connectivity index (χ1) is 7.34. The van der Waals surface area contributed by atoms with Crippen LogP contribution in [0.3, 0.4) is 0 Å². The van der Waals surface area contributed by atoms with Gasteiger partial charge in [0.1, 0.15) is 0 Å². The lowest BCUT2D eigenvalue weighted by atomic mass is 10.1. The number of nitrogens with two attached hydrogens (primary N) is 1. The van der Waals surface area contributed by atoms with Crippen LogP contribution in [0.15, 0.2) is 23.8 Å². The lowest BCUT2D eigenvalue weighted by molar-refractivity contribution is -0.142. The van der Waals surface area contributed by atoms with Crippen LogP contribution in [0.1, 0.15) is 40.5 Å². The Hall–Kier alpha value is -1.09. The van der Waals surface area contributed by atoms with E-state index in [0.29, 0.717) is 11.5 Å². The molecule has 0 aliphatic rings. The van der Waals surface area contributed by atoms with Gasteiger partial charge >= 0.3 is 5.97 Å². The monoisotopic (exact) mass is 225 g/mol. The molecule has 0 aliphatic heterocycles. The van der Waals surface area contributed by atoms with Crippen molar-refractivity contribution in [2.75, 3.05) is 0 Å². The van der Waals surface area contributed by atoms with Crippen LogP contribution >= 0.6 is 0 Å². The fraction of sp³-hybridized carbons (Fsp3) is 0.615. The Bertz CT molecular complexity index is 280. The van der Waals surface area contributed by atoms with Crippen molar-refractivity contribution in [2.45, 2.75) is 46.8 Å². The molecular weight excluding hydrogens is 202 g/mol. The van der Waals surface area contributed by atoms with E-state index in [9.17, 15) is 4.79 Å². The third kappa shape index (κ3) is 6.40. The van der Waals surface area contributed by atoms with Crippen molar-refractivity contribution < 1.29 is 9.53 Å². The third-order valence-corrected chi connectivity index (χ3v) is 2.24. The quantitative estimate of drug-likeness (QED) is 0.327. The second-order valence-electron chi connectivity index (χ2n) is 4.53. The van der Waals surface area contributed by atoms with Crippen molar-refractivity contribution in [3.63, 3.8) is 0 Å². The second-order valence-corrected chi connectivity index (χ2v) is 4.53. The van der Waals surface area contributed by atoms with Gasteiger partial charge in [0.15, 0.2) is 6.23 Å². The van der Waals surface area contributed by atoms with Crippen molar-refractivity contribution in [2.24, 2.45) is 11.7 Å². The average molecular weight is 225 g/mol. The molecule has 0 fully saturated rings. The maximum Gasteiger partial charge on any atom is 0.334 e. The van der Waals surface area contributed by atoms with Crippen molar-refractivity contribution in [1.29, 1.82) is 0 Å². The zero-order valence-corrected chi connectivity index (χ0v) is 10.7. The van der Waals surface area contributed by atoms with E-state index in [1.807, 2.05) is 13.0 Å². The number of hydrogen-bond donors (Lipinski definition) is 1. The molecule has 0 bridgehead atoms. The van der Waals surface area contributed by atoms with Gasteiger partial charge in [-0.1, -0.05) is 26.5 Å². The van der Waals surface area contributed by atoms with Crippen LogP contribution in [-0.2, 0) is 9.53 Å². The summed E-state index contributed by atoms with van der Waals surface area (Å²) in [5.74, 6) is 0.224. The van der Waals surface area contributed by atoms with Crippen LogP contribution in [0.2, 0.25) is 0 Å². The standard InChI is InChI=1S/C13H23NO2/c1-9(2)7-6-8-11(5)12(14)16-13(15)10(3)4/h8-9,12H,3,6-7,14H2,1-2,4-5H3. The topological polar surface area (TPSA) is 52.3 Å². The summed E-state index contributed by atoms with van der Waals surface area (Å²) in [6.07, 6.45) is 3.44. The molecule has 0 radical (unpaired) electrons. The maximum absolute atomic E-state index is 11.2. The molecular formula is C13H23NO2. The number of carbonyl (C=O) groups is 1. The Morgan fingerprint density at radius 3 is 2.44 bits per heavy atom. The fourth-order valence-corrected chi connectivity index (χ4v) is 1.07. The first-order valence-corrected chi connectivity index (χ1v) is 5.63. The normalized spacial score (nSPS) is 13.8. The highest BCUT2D eigenvalue weighted by atomic mass is 16.6. The molecule has 0 amide bonds. The Balaban J connectivity index is 4.11. The van der Waals surface area contributed by atoms with Crippen molar-refractivity contribution in [1.82, 2.24) is 0 Å². The van der Waals surface area contributed by atoms with E-state index in [1.54, 1.807) is 6.92 Å². The van der Waals surface area contributed by atoms with Gasteiger partial charge in [0.2, 0.25) is 0 Å². The largest absolute Gasteiger partial charge is 0.439 e. The van der Waals surface area contributed by atoms with Crippen LogP contribution in [0.5, 0.6) is 0 Å². The highest BCUT2D eigenvalue weighted by molar-refractivity contribution is 5.87. The number of allylic oxidation sites excluding steroid dienone is 1. The average Bonchev–Trinajstić information content (AvgIpc) is 2.16.